The molecule has 0 aliphatic carbocycles. The highest BCUT2D eigenvalue weighted by atomic mass is 19.3. The summed E-state index contributed by atoms with van der Waals surface area (Å²) < 4.78 is 39.2. The molecule has 3 amide bonds. The van der Waals surface area contributed by atoms with Crippen LogP contribution in [-0.2, 0) is 9.59 Å². The van der Waals surface area contributed by atoms with Gasteiger partial charge in [0.2, 0.25) is 0 Å². The Morgan fingerprint density at radius 3 is 2.42 bits per heavy atom. The smallest absolute Gasteiger partial charge is 0.387 e. The van der Waals surface area contributed by atoms with Crippen LogP contribution < -0.4 is 30.4 Å². The van der Waals surface area contributed by atoms with Gasteiger partial charge < -0.3 is 19.5 Å². The Balaban J connectivity index is 1.76. The zero-order valence-corrected chi connectivity index (χ0v) is 16.7. The van der Waals surface area contributed by atoms with Gasteiger partial charge >= 0.3 is 6.61 Å². The fourth-order valence-electron chi connectivity index (χ4n) is 2.34. The minimum Gasteiger partial charge on any atom is -0.493 e. The third-order valence-electron chi connectivity index (χ3n) is 3.75. The van der Waals surface area contributed by atoms with Gasteiger partial charge in [-0.2, -0.15) is 8.78 Å². The highest BCUT2D eigenvalue weighted by molar-refractivity contribution is 5.97. The second kappa shape index (κ2) is 11.3. The molecule has 0 heterocycles. The van der Waals surface area contributed by atoms with Crippen molar-refractivity contribution in [3.8, 4) is 17.2 Å². The molecule has 3 N–H and O–H groups in total. The largest absolute Gasteiger partial charge is 0.493 e. The maximum absolute atomic E-state index is 12.3. The first-order valence-electron chi connectivity index (χ1n) is 8.96. The Hall–Kier alpha value is -3.89. The number of aryl methyl sites for hydroxylation is 1. The molecule has 0 aliphatic heterocycles. The molecule has 0 unspecified atom stereocenters. The van der Waals surface area contributed by atoms with E-state index in [4.69, 9.17) is 9.47 Å². The van der Waals surface area contributed by atoms with Crippen LogP contribution in [0.15, 0.2) is 42.5 Å². The van der Waals surface area contributed by atoms with Crippen LogP contribution in [0.4, 0.5) is 8.78 Å². The van der Waals surface area contributed by atoms with Gasteiger partial charge in [-0.3, -0.25) is 25.2 Å². The first kappa shape index (κ1) is 23.4. The van der Waals surface area contributed by atoms with E-state index in [0.717, 1.165) is 11.6 Å². The lowest BCUT2D eigenvalue weighted by Gasteiger charge is -2.12. The van der Waals surface area contributed by atoms with Crippen molar-refractivity contribution in [3.05, 3.63) is 53.6 Å². The summed E-state index contributed by atoms with van der Waals surface area (Å²) in [5, 5.41) is 2.32. The van der Waals surface area contributed by atoms with Gasteiger partial charge in [0.1, 0.15) is 5.75 Å². The van der Waals surface area contributed by atoms with E-state index in [0.29, 0.717) is 5.75 Å². The Morgan fingerprint density at radius 1 is 1.00 bits per heavy atom. The van der Waals surface area contributed by atoms with Crippen molar-refractivity contribution in [2.45, 2.75) is 13.5 Å². The summed E-state index contributed by atoms with van der Waals surface area (Å²) >= 11 is 0. The van der Waals surface area contributed by atoms with Crippen LogP contribution in [0.3, 0.4) is 0 Å². The van der Waals surface area contributed by atoms with Gasteiger partial charge in [0, 0.05) is 5.56 Å². The SMILES string of the molecule is COc1cc(C(=O)NCC(=O)NNC(=O)COc2cccc(C)c2)ccc1OC(F)F. The van der Waals surface area contributed by atoms with Crippen molar-refractivity contribution >= 4 is 17.7 Å². The average Bonchev–Trinajstić information content (AvgIpc) is 2.74. The van der Waals surface area contributed by atoms with Gasteiger partial charge in [0.15, 0.2) is 18.1 Å². The van der Waals surface area contributed by atoms with Crippen LogP contribution in [-0.4, -0.2) is 44.6 Å². The normalized spacial score (nSPS) is 10.2. The number of carbonyl (C=O) groups excluding carboxylic acids is 3. The van der Waals surface area contributed by atoms with Gasteiger partial charge in [-0.25, -0.2) is 0 Å². The second-order valence-corrected chi connectivity index (χ2v) is 6.13. The summed E-state index contributed by atoms with van der Waals surface area (Å²) in [7, 11) is 1.23. The molecule has 2 aromatic rings. The van der Waals surface area contributed by atoms with Crippen molar-refractivity contribution in [2.75, 3.05) is 20.3 Å². The van der Waals surface area contributed by atoms with E-state index in [1.165, 1.54) is 19.2 Å². The summed E-state index contributed by atoms with van der Waals surface area (Å²) in [6.45, 7) is -1.93. The zero-order chi connectivity index (χ0) is 22.8. The van der Waals surface area contributed by atoms with Gasteiger partial charge in [0.05, 0.1) is 13.7 Å². The first-order valence-corrected chi connectivity index (χ1v) is 8.96. The minimum absolute atomic E-state index is 0.0573. The molecule has 2 aromatic carbocycles. The molecule has 2 rings (SSSR count). The minimum atomic E-state index is -3.05. The lowest BCUT2D eigenvalue weighted by molar-refractivity contribution is -0.129. The molecule has 0 bridgehead atoms. The standard InChI is InChI=1S/C20H21F2N3O6/c1-12-4-3-5-14(8-12)30-11-18(27)25-24-17(26)10-23-19(28)13-6-7-15(31-20(21)22)16(9-13)29-2/h3-9,20H,10-11H2,1-2H3,(H,23,28)(H,24,26)(H,25,27). The maximum atomic E-state index is 12.3. The number of nitrogens with one attached hydrogen (secondary N) is 3. The fraction of sp³-hybridized carbons (Fsp3) is 0.250. The number of alkyl halides is 2. The van der Waals surface area contributed by atoms with Crippen molar-refractivity contribution < 1.29 is 37.4 Å². The van der Waals surface area contributed by atoms with Crippen LogP contribution in [0.25, 0.3) is 0 Å². The number of carbonyl (C=O) groups is 3. The molecule has 0 saturated heterocycles. The predicted molar refractivity (Wildman–Crippen MR) is 105 cm³/mol. The van der Waals surface area contributed by atoms with Gasteiger partial charge in [-0.1, -0.05) is 12.1 Å². The molecular formula is C20H21F2N3O6. The molecule has 0 aliphatic rings. The van der Waals surface area contributed by atoms with E-state index < -0.39 is 30.9 Å². The van der Waals surface area contributed by atoms with E-state index >= 15 is 0 Å². The quantitative estimate of drug-likeness (QED) is 0.513. The molecule has 0 fully saturated rings. The van der Waals surface area contributed by atoms with E-state index in [1.54, 1.807) is 18.2 Å². The highest BCUT2D eigenvalue weighted by Gasteiger charge is 2.15. The highest BCUT2D eigenvalue weighted by Crippen LogP contribution is 2.29. The molecule has 31 heavy (non-hydrogen) atoms. The molecule has 166 valence electrons. The number of amides is 3. The van der Waals surface area contributed by atoms with Gasteiger partial charge in [0.25, 0.3) is 17.7 Å². The Kier molecular flexibility index (Phi) is 8.55. The number of hydrogen-bond donors (Lipinski definition) is 3. The summed E-state index contributed by atoms with van der Waals surface area (Å²) in [5.74, 6) is -1.75. The van der Waals surface area contributed by atoms with Crippen LogP contribution >= 0.6 is 0 Å². The van der Waals surface area contributed by atoms with Crippen molar-refractivity contribution in [2.24, 2.45) is 0 Å². The van der Waals surface area contributed by atoms with E-state index in [-0.39, 0.29) is 23.7 Å². The van der Waals surface area contributed by atoms with E-state index in [1.807, 2.05) is 13.0 Å². The van der Waals surface area contributed by atoms with Crippen molar-refractivity contribution in [1.82, 2.24) is 16.2 Å². The van der Waals surface area contributed by atoms with Crippen LogP contribution in [0.1, 0.15) is 15.9 Å². The lowest BCUT2D eigenvalue weighted by Crippen LogP contribution is -2.47. The van der Waals surface area contributed by atoms with Crippen LogP contribution in [0.2, 0.25) is 0 Å². The fourth-order valence-corrected chi connectivity index (χ4v) is 2.34. The second-order valence-electron chi connectivity index (χ2n) is 6.13. The Bertz CT molecular complexity index is 939. The Morgan fingerprint density at radius 2 is 1.74 bits per heavy atom. The summed E-state index contributed by atoms with van der Waals surface area (Å²) in [6, 6.07) is 10.7. The van der Waals surface area contributed by atoms with Gasteiger partial charge in [-0.05, 0) is 42.8 Å². The van der Waals surface area contributed by atoms with Crippen molar-refractivity contribution in [3.63, 3.8) is 0 Å². The third kappa shape index (κ3) is 7.80. The molecule has 0 aromatic heterocycles. The van der Waals surface area contributed by atoms with Crippen LogP contribution in [0.5, 0.6) is 17.2 Å². The number of hydrazine groups is 1. The van der Waals surface area contributed by atoms with Crippen LogP contribution in [0, 0.1) is 6.92 Å². The van der Waals surface area contributed by atoms with E-state index in [9.17, 15) is 23.2 Å². The first-order chi connectivity index (χ1) is 14.8. The summed E-state index contributed by atoms with van der Waals surface area (Å²) in [6.07, 6.45) is 0. The monoisotopic (exact) mass is 437 g/mol. The molecule has 11 heteroatoms. The third-order valence-corrected chi connectivity index (χ3v) is 3.75. The number of ether oxygens (including phenoxy) is 3. The molecule has 0 atom stereocenters. The van der Waals surface area contributed by atoms with Gasteiger partial charge in [-0.15, -0.1) is 0 Å². The molecule has 0 saturated carbocycles. The average molecular weight is 437 g/mol. The molecular weight excluding hydrogens is 416 g/mol. The Labute approximate surface area is 176 Å². The number of hydrogen-bond acceptors (Lipinski definition) is 6. The van der Waals surface area contributed by atoms with Crippen molar-refractivity contribution in [1.29, 1.82) is 0 Å². The topological polar surface area (TPSA) is 115 Å². The number of halogens is 2. The predicted octanol–water partition coefficient (Wildman–Crippen LogP) is 1.56. The lowest BCUT2D eigenvalue weighted by atomic mass is 10.2. The summed E-state index contributed by atoms with van der Waals surface area (Å²) in [5.41, 5.74) is 5.31. The summed E-state index contributed by atoms with van der Waals surface area (Å²) in [4.78, 5) is 35.7. The number of methoxy groups -OCH3 is 1. The number of rotatable bonds is 9. The molecule has 9 nitrogen and oxygen atoms in total. The molecule has 0 spiro atoms. The molecule has 0 radical (unpaired) electrons. The maximum Gasteiger partial charge on any atom is 0.387 e. The zero-order valence-electron chi connectivity index (χ0n) is 16.7. The van der Waals surface area contributed by atoms with E-state index in [2.05, 4.69) is 20.9 Å². The number of benzene rings is 2.